The molecule has 2 rings (SSSR count). The number of anilines is 1. The summed E-state index contributed by atoms with van der Waals surface area (Å²) in [7, 11) is 0. The molecule has 0 unspecified atom stereocenters. The largest absolute Gasteiger partial charge is 0.381 e. The van der Waals surface area contributed by atoms with E-state index in [0.29, 0.717) is 16.1 Å². The smallest absolute Gasteiger partial charge is 0.219 e. The molecule has 1 aromatic rings. The molecule has 104 valence electrons. The first kappa shape index (κ1) is 14.9. The average molecular weight is 366 g/mol. The highest BCUT2D eigenvalue weighted by Crippen LogP contribution is 2.36. The van der Waals surface area contributed by atoms with E-state index in [0.717, 1.165) is 36.1 Å². The highest BCUT2D eigenvalue weighted by Gasteiger charge is 2.21. The number of rotatable bonds is 2. The van der Waals surface area contributed by atoms with Crippen molar-refractivity contribution in [2.75, 3.05) is 18.4 Å². The van der Waals surface area contributed by atoms with Crippen molar-refractivity contribution >= 4 is 50.7 Å². The first-order valence-electron chi connectivity index (χ1n) is 6.14. The highest BCUT2D eigenvalue weighted by molar-refractivity contribution is 9.10. The van der Waals surface area contributed by atoms with E-state index in [1.54, 1.807) is 6.92 Å². The van der Waals surface area contributed by atoms with Gasteiger partial charge in [0.25, 0.3) is 0 Å². The lowest BCUT2D eigenvalue weighted by molar-refractivity contribution is -0.129. The third-order valence-corrected chi connectivity index (χ3v) is 5.11. The Kier molecular flexibility index (Phi) is 4.98. The number of hydrogen-bond donors (Lipinski definition) is 1. The number of halogens is 3. The fourth-order valence-electron chi connectivity index (χ4n) is 2.20. The van der Waals surface area contributed by atoms with Crippen molar-refractivity contribution in [1.29, 1.82) is 0 Å². The Balaban J connectivity index is 2.00. The van der Waals surface area contributed by atoms with Crippen LogP contribution in [0.5, 0.6) is 0 Å². The Morgan fingerprint density at radius 1 is 1.32 bits per heavy atom. The molecule has 1 fully saturated rings. The number of likely N-dealkylation sites (tertiary alicyclic amines) is 1. The molecular weight excluding hydrogens is 351 g/mol. The molecule has 3 nitrogen and oxygen atoms in total. The maximum Gasteiger partial charge on any atom is 0.219 e. The van der Waals surface area contributed by atoms with Gasteiger partial charge in [0.2, 0.25) is 5.91 Å². The number of nitrogens with one attached hydrogen (secondary N) is 1. The number of nitrogens with zero attached hydrogens (tertiary/aromatic N) is 1. The van der Waals surface area contributed by atoms with Gasteiger partial charge in [-0.3, -0.25) is 4.79 Å². The van der Waals surface area contributed by atoms with Crippen LogP contribution in [0.2, 0.25) is 10.0 Å². The number of carbonyl (C=O) groups excluding carboxylic acids is 1. The zero-order chi connectivity index (χ0) is 14.0. The maximum absolute atomic E-state index is 11.3. The minimum Gasteiger partial charge on any atom is -0.381 e. The van der Waals surface area contributed by atoms with Crippen LogP contribution >= 0.6 is 39.1 Å². The molecular formula is C13H15BrCl2N2O. The molecule has 0 saturated carbocycles. The SMILES string of the molecule is CC(=O)N1CCC(Nc2ccc(Br)c(Cl)c2Cl)CC1. The molecule has 1 heterocycles. The summed E-state index contributed by atoms with van der Waals surface area (Å²) in [5.41, 5.74) is 0.844. The van der Waals surface area contributed by atoms with Gasteiger partial charge in [-0.1, -0.05) is 23.2 Å². The van der Waals surface area contributed by atoms with Gasteiger partial charge in [-0.15, -0.1) is 0 Å². The topological polar surface area (TPSA) is 32.3 Å². The average Bonchev–Trinajstić information content (AvgIpc) is 2.40. The lowest BCUT2D eigenvalue weighted by Gasteiger charge is -2.32. The van der Waals surface area contributed by atoms with Gasteiger partial charge in [0.05, 0.1) is 15.7 Å². The number of piperidine rings is 1. The highest BCUT2D eigenvalue weighted by atomic mass is 79.9. The first-order chi connectivity index (χ1) is 8.99. The van der Waals surface area contributed by atoms with Gasteiger partial charge in [0, 0.05) is 30.5 Å². The molecule has 0 bridgehead atoms. The van der Waals surface area contributed by atoms with Crippen LogP contribution in [0.15, 0.2) is 16.6 Å². The zero-order valence-electron chi connectivity index (χ0n) is 10.5. The van der Waals surface area contributed by atoms with Gasteiger partial charge < -0.3 is 10.2 Å². The molecule has 1 aliphatic rings. The summed E-state index contributed by atoms with van der Waals surface area (Å²) in [6, 6.07) is 4.11. The van der Waals surface area contributed by atoms with Gasteiger partial charge in [-0.05, 0) is 40.9 Å². The number of benzene rings is 1. The maximum atomic E-state index is 11.3. The molecule has 19 heavy (non-hydrogen) atoms. The Morgan fingerprint density at radius 2 is 1.95 bits per heavy atom. The number of amides is 1. The van der Waals surface area contributed by atoms with E-state index in [1.807, 2.05) is 17.0 Å². The predicted molar refractivity (Wildman–Crippen MR) is 83.1 cm³/mol. The summed E-state index contributed by atoms with van der Waals surface area (Å²) < 4.78 is 0.788. The molecule has 1 aliphatic heterocycles. The molecule has 0 spiro atoms. The summed E-state index contributed by atoms with van der Waals surface area (Å²) in [4.78, 5) is 13.1. The van der Waals surface area contributed by atoms with E-state index in [4.69, 9.17) is 23.2 Å². The third-order valence-electron chi connectivity index (χ3n) is 3.34. The van der Waals surface area contributed by atoms with Gasteiger partial charge in [-0.25, -0.2) is 0 Å². The molecule has 6 heteroatoms. The van der Waals surface area contributed by atoms with E-state index in [1.165, 1.54) is 0 Å². The Hall–Kier alpha value is -0.450. The van der Waals surface area contributed by atoms with Crippen molar-refractivity contribution in [3.8, 4) is 0 Å². The van der Waals surface area contributed by atoms with Crippen LogP contribution in [-0.2, 0) is 4.79 Å². The summed E-state index contributed by atoms with van der Waals surface area (Å²) in [6.07, 6.45) is 1.84. The fraction of sp³-hybridized carbons (Fsp3) is 0.462. The van der Waals surface area contributed by atoms with Crippen LogP contribution in [0.25, 0.3) is 0 Å². The predicted octanol–water partition coefficient (Wildman–Crippen LogP) is 4.18. The molecule has 1 N–H and O–H groups in total. The Labute approximate surface area is 131 Å². The lowest BCUT2D eigenvalue weighted by atomic mass is 10.0. The van der Waals surface area contributed by atoms with Crippen LogP contribution in [0.1, 0.15) is 19.8 Å². The van der Waals surface area contributed by atoms with E-state index in [2.05, 4.69) is 21.2 Å². The van der Waals surface area contributed by atoms with E-state index < -0.39 is 0 Å². The zero-order valence-corrected chi connectivity index (χ0v) is 13.6. The minimum absolute atomic E-state index is 0.142. The van der Waals surface area contributed by atoms with Crippen molar-refractivity contribution < 1.29 is 4.79 Å². The molecule has 1 saturated heterocycles. The first-order valence-corrected chi connectivity index (χ1v) is 7.69. The van der Waals surface area contributed by atoms with Gasteiger partial charge in [-0.2, -0.15) is 0 Å². The third kappa shape index (κ3) is 3.56. The second-order valence-electron chi connectivity index (χ2n) is 4.65. The van der Waals surface area contributed by atoms with Crippen molar-refractivity contribution in [2.24, 2.45) is 0 Å². The van der Waals surface area contributed by atoms with E-state index in [9.17, 15) is 4.79 Å². The van der Waals surface area contributed by atoms with Gasteiger partial charge in [0.1, 0.15) is 0 Å². The molecule has 0 atom stereocenters. The second kappa shape index (κ2) is 6.33. The fourth-order valence-corrected chi connectivity index (χ4v) is 3.02. The minimum atomic E-state index is 0.142. The number of hydrogen-bond acceptors (Lipinski definition) is 2. The van der Waals surface area contributed by atoms with E-state index in [-0.39, 0.29) is 5.91 Å². The molecule has 0 aliphatic carbocycles. The van der Waals surface area contributed by atoms with Crippen molar-refractivity contribution in [1.82, 2.24) is 4.90 Å². The second-order valence-corrected chi connectivity index (χ2v) is 6.26. The lowest BCUT2D eigenvalue weighted by Crippen LogP contribution is -2.41. The van der Waals surface area contributed by atoms with Crippen LogP contribution in [-0.4, -0.2) is 29.9 Å². The normalized spacial score (nSPS) is 16.5. The van der Waals surface area contributed by atoms with Crippen LogP contribution < -0.4 is 5.32 Å². The van der Waals surface area contributed by atoms with Crippen LogP contribution in [0.3, 0.4) is 0 Å². The summed E-state index contributed by atoms with van der Waals surface area (Å²) in [6.45, 7) is 3.18. The standard InChI is InChI=1S/C13H15BrCl2N2O/c1-8(19)18-6-4-9(5-7-18)17-11-3-2-10(14)12(15)13(11)16/h2-3,9,17H,4-7H2,1H3. The van der Waals surface area contributed by atoms with Gasteiger partial charge >= 0.3 is 0 Å². The van der Waals surface area contributed by atoms with E-state index >= 15 is 0 Å². The van der Waals surface area contributed by atoms with Crippen LogP contribution in [0.4, 0.5) is 5.69 Å². The van der Waals surface area contributed by atoms with Crippen molar-refractivity contribution in [3.05, 3.63) is 26.7 Å². The summed E-state index contributed by atoms with van der Waals surface area (Å²) >= 11 is 15.6. The monoisotopic (exact) mass is 364 g/mol. The molecule has 1 aromatic carbocycles. The number of carbonyl (C=O) groups is 1. The molecule has 0 radical (unpaired) electrons. The molecule has 1 amide bonds. The van der Waals surface area contributed by atoms with Crippen molar-refractivity contribution in [3.63, 3.8) is 0 Å². The summed E-state index contributed by atoms with van der Waals surface area (Å²) in [5, 5.41) is 4.46. The van der Waals surface area contributed by atoms with Gasteiger partial charge in [0.15, 0.2) is 0 Å². The Morgan fingerprint density at radius 3 is 2.53 bits per heavy atom. The quantitative estimate of drug-likeness (QED) is 0.797. The van der Waals surface area contributed by atoms with Crippen molar-refractivity contribution in [2.45, 2.75) is 25.8 Å². The van der Waals surface area contributed by atoms with Crippen LogP contribution in [0, 0.1) is 0 Å². The molecule has 0 aromatic heterocycles. The Bertz CT molecular complexity index is 488. The summed E-state index contributed by atoms with van der Waals surface area (Å²) in [5.74, 6) is 0.142.